The molecule has 1 fully saturated rings. The fourth-order valence-electron chi connectivity index (χ4n) is 1.26. The van der Waals surface area contributed by atoms with E-state index in [4.69, 9.17) is 4.74 Å². The van der Waals surface area contributed by atoms with Crippen LogP contribution in [0.2, 0.25) is 0 Å². The molecule has 11 heavy (non-hydrogen) atoms. The highest BCUT2D eigenvalue weighted by Crippen LogP contribution is 2.24. The summed E-state index contributed by atoms with van der Waals surface area (Å²) in [5.74, 6) is 0. The first kappa shape index (κ1) is 9.01. The fourth-order valence-corrected chi connectivity index (χ4v) is 1.26. The quantitative estimate of drug-likeness (QED) is 0.542. The Hall–Kier alpha value is -0.0800. The lowest BCUT2D eigenvalue weighted by molar-refractivity contribution is 0.135. The van der Waals surface area contributed by atoms with Gasteiger partial charge in [0.15, 0.2) is 0 Å². The van der Waals surface area contributed by atoms with Crippen LogP contribution in [0.25, 0.3) is 0 Å². The van der Waals surface area contributed by atoms with Crippen molar-refractivity contribution in [3.8, 4) is 0 Å². The summed E-state index contributed by atoms with van der Waals surface area (Å²) in [7, 11) is 2.21. The van der Waals surface area contributed by atoms with Crippen LogP contribution in [0, 0.1) is 0 Å². The minimum absolute atomic E-state index is 0.854. The molecule has 0 aromatic heterocycles. The largest absolute Gasteiger partial charge is 0.382 e. The van der Waals surface area contributed by atoms with Crippen LogP contribution in [0.15, 0.2) is 0 Å². The van der Waals surface area contributed by atoms with Gasteiger partial charge in [-0.15, -0.1) is 0 Å². The van der Waals surface area contributed by atoms with Gasteiger partial charge < -0.3 is 9.64 Å². The standard InChI is InChI=1S/C9H19NO/c1-3-11-8-4-7-10(2)9-5-6-9/h9H,3-8H2,1-2H3. The molecular weight excluding hydrogens is 138 g/mol. The van der Waals surface area contributed by atoms with Crippen LogP contribution in [0.3, 0.4) is 0 Å². The summed E-state index contributed by atoms with van der Waals surface area (Å²) in [6, 6.07) is 0.900. The average molecular weight is 157 g/mol. The van der Waals surface area contributed by atoms with Crippen molar-refractivity contribution < 1.29 is 4.74 Å². The summed E-state index contributed by atoms with van der Waals surface area (Å²) < 4.78 is 5.26. The first-order valence-electron chi connectivity index (χ1n) is 4.62. The molecule has 0 unspecified atom stereocenters. The van der Waals surface area contributed by atoms with Crippen molar-refractivity contribution in [1.29, 1.82) is 0 Å². The van der Waals surface area contributed by atoms with Crippen LogP contribution < -0.4 is 0 Å². The molecule has 1 saturated carbocycles. The molecule has 0 aromatic carbocycles. The van der Waals surface area contributed by atoms with E-state index in [1.807, 2.05) is 6.92 Å². The molecule has 2 nitrogen and oxygen atoms in total. The van der Waals surface area contributed by atoms with Gasteiger partial charge in [-0.2, -0.15) is 0 Å². The summed E-state index contributed by atoms with van der Waals surface area (Å²) in [6.45, 7) is 5.02. The third-order valence-electron chi connectivity index (χ3n) is 2.17. The van der Waals surface area contributed by atoms with Gasteiger partial charge in [0, 0.05) is 25.8 Å². The zero-order chi connectivity index (χ0) is 8.10. The topological polar surface area (TPSA) is 12.5 Å². The molecule has 0 saturated heterocycles. The Morgan fingerprint density at radius 2 is 2.18 bits per heavy atom. The van der Waals surface area contributed by atoms with E-state index in [0.717, 1.165) is 19.3 Å². The van der Waals surface area contributed by atoms with Crippen molar-refractivity contribution in [2.45, 2.75) is 32.2 Å². The lowest BCUT2D eigenvalue weighted by atomic mass is 10.4. The Labute approximate surface area is 69.5 Å². The van der Waals surface area contributed by atoms with E-state index in [-0.39, 0.29) is 0 Å². The predicted octanol–water partition coefficient (Wildman–Crippen LogP) is 1.51. The molecule has 0 aromatic rings. The van der Waals surface area contributed by atoms with Gasteiger partial charge >= 0.3 is 0 Å². The highest BCUT2D eigenvalue weighted by Gasteiger charge is 2.25. The van der Waals surface area contributed by atoms with Gasteiger partial charge in [-0.1, -0.05) is 0 Å². The second-order valence-electron chi connectivity index (χ2n) is 3.26. The van der Waals surface area contributed by atoms with E-state index >= 15 is 0 Å². The minimum Gasteiger partial charge on any atom is -0.382 e. The summed E-state index contributed by atoms with van der Waals surface area (Å²) in [5.41, 5.74) is 0. The van der Waals surface area contributed by atoms with Crippen molar-refractivity contribution in [2.75, 3.05) is 26.8 Å². The molecular formula is C9H19NO. The molecule has 0 amide bonds. The van der Waals surface area contributed by atoms with E-state index in [2.05, 4.69) is 11.9 Å². The first-order chi connectivity index (χ1) is 5.34. The SMILES string of the molecule is CCOCCCN(C)C1CC1. The molecule has 0 radical (unpaired) electrons. The third-order valence-corrected chi connectivity index (χ3v) is 2.17. The zero-order valence-corrected chi connectivity index (χ0v) is 7.68. The Kier molecular flexibility index (Phi) is 3.87. The smallest absolute Gasteiger partial charge is 0.0478 e. The Morgan fingerprint density at radius 3 is 2.73 bits per heavy atom. The van der Waals surface area contributed by atoms with E-state index < -0.39 is 0 Å². The second-order valence-corrected chi connectivity index (χ2v) is 3.26. The average Bonchev–Trinajstić information content (AvgIpc) is 2.79. The number of hydrogen-bond donors (Lipinski definition) is 0. The molecule has 1 rings (SSSR count). The van der Waals surface area contributed by atoms with Crippen molar-refractivity contribution in [3.63, 3.8) is 0 Å². The molecule has 2 heteroatoms. The Bertz CT molecular complexity index is 102. The molecule has 0 heterocycles. The fraction of sp³-hybridized carbons (Fsp3) is 1.00. The summed E-state index contributed by atoms with van der Waals surface area (Å²) in [4.78, 5) is 2.44. The molecule has 0 bridgehead atoms. The number of hydrogen-bond acceptors (Lipinski definition) is 2. The zero-order valence-electron chi connectivity index (χ0n) is 7.68. The molecule has 0 N–H and O–H groups in total. The second kappa shape index (κ2) is 4.73. The minimum atomic E-state index is 0.854. The van der Waals surface area contributed by atoms with Gasteiger partial charge in [0.2, 0.25) is 0 Å². The van der Waals surface area contributed by atoms with Crippen LogP contribution in [0.1, 0.15) is 26.2 Å². The van der Waals surface area contributed by atoms with Crippen LogP contribution in [0.4, 0.5) is 0 Å². The Morgan fingerprint density at radius 1 is 1.45 bits per heavy atom. The van der Waals surface area contributed by atoms with Crippen molar-refractivity contribution >= 4 is 0 Å². The normalized spacial score (nSPS) is 17.7. The molecule has 1 aliphatic carbocycles. The monoisotopic (exact) mass is 157 g/mol. The van der Waals surface area contributed by atoms with Gasteiger partial charge in [-0.05, 0) is 33.2 Å². The molecule has 0 atom stereocenters. The molecule has 0 spiro atoms. The highest BCUT2D eigenvalue weighted by atomic mass is 16.5. The predicted molar refractivity (Wildman–Crippen MR) is 46.8 cm³/mol. The maximum atomic E-state index is 5.26. The van der Waals surface area contributed by atoms with Crippen LogP contribution >= 0.6 is 0 Å². The Balaban J connectivity index is 1.85. The van der Waals surface area contributed by atoms with Crippen LogP contribution in [-0.4, -0.2) is 37.7 Å². The van der Waals surface area contributed by atoms with Gasteiger partial charge in [0.1, 0.15) is 0 Å². The van der Waals surface area contributed by atoms with E-state index in [9.17, 15) is 0 Å². The van der Waals surface area contributed by atoms with E-state index in [1.165, 1.54) is 25.8 Å². The molecule has 0 aliphatic heterocycles. The van der Waals surface area contributed by atoms with Gasteiger partial charge in [0.25, 0.3) is 0 Å². The van der Waals surface area contributed by atoms with Crippen LogP contribution in [-0.2, 0) is 4.74 Å². The van der Waals surface area contributed by atoms with Crippen molar-refractivity contribution in [1.82, 2.24) is 4.90 Å². The first-order valence-corrected chi connectivity index (χ1v) is 4.62. The maximum Gasteiger partial charge on any atom is 0.0478 e. The third kappa shape index (κ3) is 3.73. The number of ether oxygens (including phenoxy) is 1. The summed E-state index contributed by atoms with van der Waals surface area (Å²) in [5, 5.41) is 0. The van der Waals surface area contributed by atoms with E-state index in [1.54, 1.807) is 0 Å². The van der Waals surface area contributed by atoms with Crippen LogP contribution in [0.5, 0.6) is 0 Å². The van der Waals surface area contributed by atoms with Crippen molar-refractivity contribution in [2.24, 2.45) is 0 Å². The molecule has 1 aliphatic rings. The lowest BCUT2D eigenvalue weighted by Gasteiger charge is -2.14. The van der Waals surface area contributed by atoms with Crippen molar-refractivity contribution in [3.05, 3.63) is 0 Å². The highest BCUT2D eigenvalue weighted by molar-refractivity contribution is 4.81. The van der Waals surface area contributed by atoms with E-state index in [0.29, 0.717) is 0 Å². The van der Waals surface area contributed by atoms with Gasteiger partial charge in [-0.25, -0.2) is 0 Å². The summed E-state index contributed by atoms with van der Waals surface area (Å²) in [6.07, 6.45) is 4.00. The number of nitrogens with zero attached hydrogens (tertiary/aromatic N) is 1. The lowest BCUT2D eigenvalue weighted by Crippen LogP contribution is -2.22. The summed E-state index contributed by atoms with van der Waals surface area (Å²) >= 11 is 0. The van der Waals surface area contributed by atoms with Gasteiger partial charge in [-0.3, -0.25) is 0 Å². The number of rotatable bonds is 6. The molecule has 66 valence electrons. The van der Waals surface area contributed by atoms with Gasteiger partial charge in [0.05, 0.1) is 0 Å². The maximum absolute atomic E-state index is 5.26.